The standard InChI is InChI=1S/C29H41N3O4S/c1-23-16-18-27(19-17-23)32(37(3,35)36)21-10-15-28(33)31(22-20-25-11-6-4-7-12-25)24(2)29(34)30-26-13-8-5-9-14-26/h4,6-7,11-12,16-19,24,26H,5,8-10,13-15,20-22H2,1-3H3,(H,30,34)/t24-/m1/s1. The molecule has 1 atom stereocenters. The third kappa shape index (κ3) is 8.88. The SMILES string of the molecule is Cc1ccc(N(CCCC(=O)N(CCc2ccccc2)[C@H](C)C(=O)NC2CCCCC2)S(C)(=O)=O)cc1. The van der Waals surface area contributed by atoms with Crippen LogP contribution in [0.5, 0.6) is 0 Å². The van der Waals surface area contributed by atoms with E-state index in [2.05, 4.69) is 5.32 Å². The summed E-state index contributed by atoms with van der Waals surface area (Å²) in [7, 11) is -3.50. The zero-order valence-electron chi connectivity index (χ0n) is 22.4. The van der Waals surface area contributed by atoms with Crippen LogP contribution in [0.25, 0.3) is 0 Å². The first kappa shape index (κ1) is 28.7. The van der Waals surface area contributed by atoms with Gasteiger partial charge in [0.05, 0.1) is 11.9 Å². The van der Waals surface area contributed by atoms with E-state index in [-0.39, 0.29) is 30.8 Å². The summed E-state index contributed by atoms with van der Waals surface area (Å²) in [6.07, 6.45) is 7.75. The van der Waals surface area contributed by atoms with Gasteiger partial charge in [0.25, 0.3) is 0 Å². The van der Waals surface area contributed by atoms with E-state index in [1.54, 1.807) is 24.0 Å². The summed E-state index contributed by atoms with van der Waals surface area (Å²) in [6.45, 7) is 4.36. The molecule has 1 aliphatic carbocycles. The first-order valence-electron chi connectivity index (χ1n) is 13.3. The van der Waals surface area contributed by atoms with Gasteiger partial charge in [0.1, 0.15) is 6.04 Å². The number of anilines is 1. The minimum Gasteiger partial charge on any atom is -0.352 e. The zero-order chi connectivity index (χ0) is 26.8. The second-order valence-corrected chi connectivity index (χ2v) is 12.0. The van der Waals surface area contributed by atoms with E-state index in [4.69, 9.17) is 0 Å². The summed E-state index contributed by atoms with van der Waals surface area (Å²) >= 11 is 0. The Morgan fingerprint density at radius 3 is 2.24 bits per heavy atom. The van der Waals surface area contributed by atoms with Crippen molar-refractivity contribution in [2.75, 3.05) is 23.7 Å². The van der Waals surface area contributed by atoms with E-state index in [0.29, 0.717) is 25.1 Å². The van der Waals surface area contributed by atoms with Gasteiger partial charge in [-0.05, 0) is 57.2 Å². The molecule has 2 aromatic carbocycles. The van der Waals surface area contributed by atoms with Crippen LogP contribution in [0.2, 0.25) is 0 Å². The molecule has 0 heterocycles. The van der Waals surface area contributed by atoms with Crippen LogP contribution < -0.4 is 9.62 Å². The Morgan fingerprint density at radius 2 is 1.62 bits per heavy atom. The number of sulfonamides is 1. The van der Waals surface area contributed by atoms with E-state index < -0.39 is 16.1 Å². The van der Waals surface area contributed by atoms with E-state index in [0.717, 1.165) is 36.8 Å². The number of amides is 2. The minimum absolute atomic E-state index is 0.120. The highest BCUT2D eigenvalue weighted by Gasteiger charge is 2.28. The lowest BCUT2D eigenvalue weighted by Crippen LogP contribution is -2.51. The van der Waals surface area contributed by atoms with Gasteiger partial charge in [-0.15, -0.1) is 0 Å². The third-order valence-electron chi connectivity index (χ3n) is 7.08. The van der Waals surface area contributed by atoms with E-state index >= 15 is 0 Å². The van der Waals surface area contributed by atoms with Crippen molar-refractivity contribution in [2.24, 2.45) is 0 Å². The van der Waals surface area contributed by atoms with Gasteiger partial charge in [-0.2, -0.15) is 0 Å². The van der Waals surface area contributed by atoms with Crippen LogP contribution in [0.1, 0.15) is 63.0 Å². The van der Waals surface area contributed by atoms with Crippen LogP contribution in [-0.4, -0.2) is 56.6 Å². The van der Waals surface area contributed by atoms with Gasteiger partial charge in [0.2, 0.25) is 21.8 Å². The number of benzene rings is 2. The Hall–Kier alpha value is -2.87. The van der Waals surface area contributed by atoms with Crippen molar-refractivity contribution in [2.45, 2.75) is 77.3 Å². The normalized spacial score (nSPS) is 15.1. The highest BCUT2D eigenvalue weighted by molar-refractivity contribution is 7.92. The number of nitrogens with zero attached hydrogens (tertiary/aromatic N) is 2. The van der Waals surface area contributed by atoms with Crippen molar-refractivity contribution in [1.29, 1.82) is 0 Å². The first-order chi connectivity index (χ1) is 17.6. The molecular weight excluding hydrogens is 486 g/mol. The summed E-state index contributed by atoms with van der Waals surface area (Å²) in [5.74, 6) is -0.259. The third-order valence-corrected chi connectivity index (χ3v) is 8.27. The number of hydrogen-bond donors (Lipinski definition) is 1. The Labute approximate surface area is 222 Å². The van der Waals surface area contributed by atoms with Gasteiger partial charge in [0.15, 0.2) is 0 Å². The predicted octanol–water partition coefficient (Wildman–Crippen LogP) is 4.45. The smallest absolute Gasteiger partial charge is 0.242 e. The number of rotatable bonds is 12. The molecule has 2 amide bonds. The highest BCUT2D eigenvalue weighted by Crippen LogP contribution is 2.20. The number of aryl methyl sites for hydroxylation is 1. The number of carbonyl (C=O) groups excluding carboxylic acids is 2. The largest absolute Gasteiger partial charge is 0.352 e. The first-order valence-corrected chi connectivity index (χ1v) is 15.2. The Morgan fingerprint density at radius 1 is 0.973 bits per heavy atom. The van der Waals surface area contributed by atoms with Gasteiger partial charge >= 0.3 is 0 Å². The van der Waals surface area contributed by atoms with Crippen LogP contribution in [0.4, 0.5) is 5.69 Å². The minimum atomic E-state index is -3.50. The van der Waals surface area contributed by atoms with Gasteiger partial charge in [-0.1, -0.05) is 67.3 Å². The van der Waals surface area contributed by atoms with E-state index in [9.17, 15) is 18.0 Å². The van der Waals surface area contributed by atoms with Gasteiger partial charge < -0.3 is 10.2 Å². The quantitative estimate of drug-likeness (QED) is 0.442. The van der Waals surface area contributed by atoms with Gasteiger partial charge in [0, 0.05) is 25.6 Å². The molecule has 0 unspecified atom stereocenters. The van der Waals surface area contributed by atoms with Crippen molar-refractivity contribution in [1.82, 2.24) is 10.2 Å². The average molecular weight is 528 g/mol. The van der Waals surface area contributed by atoms with Crippen molar-refractivity contribution in [3.05, 3.63) is 65.7 Å². The molecule has 202 valence electrons. The van der Waals surface area contributed by atoms with Gasteiger partial charge in [-0.3, -0.25) is 13.9 Å². The van der Waals surface area contributed by atoms with E-state index in [1.165, 1.54) is 17.0 Å². The van der Waals surface area contributed by atoms with Crippen LogP contribution in [0, 0.1) is 6.92 Å². The Kier molecular flexibility index (Phi) is 10.6. The molecule has 1 saturated carbocycles. The van der Waals surface area contributed by atoms with Crippen molar-refractivity contribution in [3.63, 3.8) is 0 Å². The van der Waals surface area contributed by atoms with Crippen LogP contribution in [0.15, 0.2) is 54.6 Å². The number of nitrogens with one attached hydrogen (secondary N) is 1. The van der Waals surface area contributed by atoms with Crippen LogP contribution in [-0.2, 0) is 26.0 Å². The predicted molar refractivity (Wildman–Crippen MR) is 149 cm³/mol. The summed E-state index contributed by atoms with van der Waals surface area (Å²) in [5.41, 5.74) is 2.73. The second kappa shape index (κ2) is 13.6. The fourth-order valence-electron chi connectivity index (χ4n) is 4.85. The van der Waals surface area contributed by atoms with E-state index in [1.807, 2.05) is 49.4 Å². The van der Waals surface area contributed by atoms with Crippen molar-refractivity contribution in [3.8, 4) is 0 Å². The van der Waals surface area contributed by atoms with Crippen molar-refractivity contribution >= 4 is 27.5 Å². The second-order valence-electron chi connectivity index (χ2n) is 10.1. The zero-order valence-corrected chi connectivity index (χ0v) is 23.2. The molecule has 1 N–H and O–H groups in total. The van der Waals surface area contributed by atoms with Crippen LogP contribution in [0.3, 0.4) is 0 Å². The average Bonchev–Trinajstić information content (AvgIpc) is 2.88. The maximum atomic E-state index is 13.4. The summed E-state index contributed by atoms with van der Waals surface area (Å²) in [6, 6.07) is 16.8. The monoisotopic (exact) mass is 527 g/mol. The molecule has 0 spiro atoms. The molecule has 2 aromatic rings. The molecule has 0 saturated heterocycles. The lowest BCUT2D eigenvalue weighted by Gasteiger charge is -2.31. The lowest BCUT2D eigenvalue weighted by molar-refractivity contribution is -0.140. The van der Waals surface area contributed by atoms with Gasteiger partial charge in [-0.25, -0.2) is 8.42 Å². The summed E-state index contributed by atoms with van der Waals surface area (Å²) in [5, 5.41) is 3.15. The molecule has 37 heavy (non-hydrogen) atoms. The molecular formula is C29H41N3O4S. The molecule has 7 nitrogen and oxygen atoms in total. The molecule has 1 fully saturated rings. The fraction of sp³-hybridized carbons (Fsp3) is 0.517. The maximum Gasteiger partial charge on any atom is 0.242 e. The molecule has 0 radical (unpaired) electrons. The molecule has 0 bridgehead atoms. The molecule has 0 aromatic heterocycles. The maximum absolute atomic E-state index is 13.4. The Balaban J connectivity index is 1.66. The summed E-state index contributed by atoms with van der Waals surface area (Å²) < 4.78 is 26.2. The summed E-state index contributed by atoms with van der Waals surface area (Å²) in [4.78, 5) is 28.1. The van der Waals surface area contributed by atoms with Crippen molar-refractivity contribution < 1.29 is 18.0 Å². The molecule has 8 heteroatoms. The lowest BCUT2D eigenvalue weighted by atomic mass is 9.95. The number of carbonyl (C=O) groups is 2. The fourth-order valence-corrected chi connectivity index (χ4v) is 5.82. The van der Waals surface area contributed by atoms with Crippen LogP contribution >= 0.6 is 0 Å². The molecule has 3 rings (SSSR count). The highest BCUT2D eigenvalue weighted by atomic mass is 32.2. The Bertz CT molecular complexity index is 1110. The topological polar surface area (TPSA) is 86.8 Å². The molecule has 0 aliphatic heterocycles. The molecule has 1 aliphatic rings. The number of hydrogen-bond acceptors (Lipinski definition) is 4.